The predicted octanol–water partition coefficient (Wildman–Crippen LogP) is 2.63. The fourth-order valence-electron chi connectivity index (χ4n) is 3.97. The van der Waals surface area contributed by atoms with Crippen LogP contribution in [-0.2, 0) is 6.54 Å². The molecule has 0 unspecified atom stereocenters. The van der Waals surface area contributed by atoms with Gasteiger partial charge in [-0.25, -0.2) is 9.97 Å². The van der Waals surface area contributed by atoms with Gasteiger partial charge in [-0.15, -0.1) is 11.3 Å². The molecule has 2 aromatic rings. The molecular formula is C19H26N4OS. The standard InChI is InChI=1S/C19H26N4OS/c24-19(14-22-7-2-1-3-8-22)6-9-23(15-19)13-16-11-20-18(21-12-16)17-5-4-10-25-17/h4-5,10-12,24H,1-3,6-9,13-15H2/t19-/m1/s1. The first-order chi connectivity index (χ1) is 12.2. The van der Waals surface area contributed by atoms with Crippen LogP contribution >= 0.6 is 11.3 Å². The summed E-state index contributed by atoms with van der Waals surface area (Å²) in [5, 5.41) is 13.0. The van der Waals surface area contributed by atoms with Crippen molar-refractivity contribution in [2.24, 2.45) is 0 Å². The molecule has 5 nitrogen and oxygen atoms in total. The number of likely N-dealkylation sites (tertiary alicyclic amines) is 2. The molecule has 0 bridgehead atoms. The molecule has 4 heterocycles. The number of aromatic nitrogens is 2. The highest BCUT2D eigenvalue weighted by atomic mass is 32.1. The van der Waals surface area contributed by atoms with Crippen molar-refractivity contribution in [3.8, 4) is 10.7 Å². The first kappa shape index (κ1) is 17.1. The largest absolute Gasteiger partial charge is 0.387 e. The highest BCUT2D eigenvalue weighted by molar-refractivity contribution is 7.13. The van der Waals surface area contributed by atoms with Crippen molar-refractivity contribution < 1.29 is 5.11 Å². The third-order valence-corrected chi connectivity index (χ3v) is 6.10. The van der Waals surface area contributed by atoms with Crippen molar-refractivity contribution in [3.63, 3.8) is 0 Å². The zero-order valence-corrected chi connectivity index (χ0v) is 15.4. The van der Waals surface area contributed by atoms with Gasteiger partial charge in [-0.1, -0.05) is 12.5 Å². The lowest BCUT2D eigenvalue weighted by Gasteiger charge is -2.33. The number of piperidine rings is 1. The van der Waals surface area contributed by atoms with Crippen LogP contribution in [0.5, 0.6) is 0 Å². The molecule has 2 aliphatic rings. The third kappa shape index (κ3) is 4.26. The Bertz CT molecular complexity index is 669. The Labute approximate surface area is 153 Å². The Balaban J connectivity index is 1.32. The second-order valence-corrected chi connectivity index (χ2v) is 8.36. The van der Waals surface area contributed by atoms with Crippen LogP contribution in [0.15, 0.2) is 29.9 Å². The molecule has 2 saturated heterocycles. The lowest BCUT2D eigenvalue weighted by atomic mass is 10.0. The lowest BCUT2D eigenvalue weighted by molar-refractivity contribution is 0.00634. The van der Waals surface area contributed by atoms with E-state index in [0.29, 0.717) is 0 Å². The molecule has 1 atom stereocenters. The van der Waals surface area contributed by atoms with Crippen molar-refractivity contribution in [3.05, 3.63) is 35.5 Å². The molecule has 0 amide bonds. The Kier molecular flexibility index (Phi) is 5.12. The van der Waals surface area contributed by atoms with E-state index in [1.165, 1.54) is 19.3 Å². The Morgan fingerprint density at radius 2 is 1.88 bits per heavy atom. The smallest absolute Gasteiger partial charge is 0.169 e. The summed E-state index contributed by atoms with van der Waals surface area (Å²) < 4.78 is 0. The van der Waals surface area contributed by atoms with Gasteiger partial charge in [0.2, 0.25) is 0 Å². The van der Waals surface area contributed by atoms with Crippen molar-refractivity contribution in [1.29, 1.82) is 0 Å². The van der Waals surface area contributed by atoms with Gasteiger partial charge in [-0.2, -0.15) is 0 Å². The van der Waals surface area contributed by atoms with E-state index < -0.39 is 5.60 Å². The topological polar surface area (TPSA) is 52.5 Å². The molecular weight excluding hydrogens is 332 g/mol. The minimum atomic E-state index is -0.560. The molecule has 134 valence electrons. The second-order valence-electron chi connectivity index (χ2n) is 7.41. The average molecular weight is 359 g/mol. The minimum Gasteiger partial charge on any atom is -0.387 e. The van der Waals surface area contributed by atoms with Crippen LogP contribution in [0.3, 0.4) is 0 Å². The van der Waals surface area contributed by atoms with Crippen molar-refractivity contribution in [1.82, 2.24) is 19.8 Å². The molecule has 4 rings (SSSR count). The van der Waals surface area contributed by atoms with Gasteiger partial charge in [0.1, 0.15) is 0 Å². The third-order valence-electron chi connectivity index (χ3n) is 5.23. The first-order valence-electron chi connectivity index (χ1n) is 9.22. The molecule has 25 heavy (non-hydrogen) atoms. The minimum absolute atomic E-state index is 0.560. The second kappa shape index (κ2) is 7.50. The number of hydrogen-bond donors (Lipinski definition) is 1. The van der Waals surface area contributed by atoms with Crippen LogP contribution in [0.4, 0.5) is 0 Å². The molecule has 2 aromatic heterocycles. The van der Waals surface area contributed by atoms with E-state index in [4.69, 9.17) is 0 Å². The molecule has 0 aromatic carbocycles. The quantitative estimate of drug-likeness (QED) is 0.890. The number of aliphatic hydroxyl groups is 1. The number of rotatable bonds is 5. The summed E-state index contributed by atoms with van der Waals surface area (Å²) in [6, 6.07) is 4.06. The summed E-state index contributed by atoms with van der Waals surface area (Å²) in [5.41, 5.74) is 0.553. The Morgan fingerprint density at radius 1 is 1.08 bits per heavy atom. The molecule has 2 aliphatic heterocycles. The van der Waals surface area contributed by atoms with Gasteiger partial charge in [0.25, 0.3) is 0 Å². The van der Waals surface area contributed by atoms with Crippen molar-refractivity contribution in [2.75, 3.05) is 32.7 Å². The molecule has 2 fully saturated rings. The molecule has 0 spiro atoms. The van der Waals surface area contributed by atoms with Gasteiger partial charge in [-0.3, -0.25) is 4.90 Å². The molecule has 0 aliphatic carbocycles. The van der Waals surface area contributed by atoms with Crippen LogP contribution in [0.25, 0.3) is 10.7 Å². The van der Waals surface area contributed by atoms with Crippen LogP contribution in [0.2, 0.25) is 0 Å². The maximum atomic E-state index is 10.9. The van der Waals surface area contributed by atoms with Crippen LogP contribution in [0, 0.1) is 0 Å². The van der Waals surface area contributed by atoms with E-state index in [-0.39, 0.29) is 0 Å². The monoisotopic (exact) mass is 358 g/mol. The summed E-state index contributed by atoms with van der Waals surface area (Å²) in [6.45, 7) is 5.60. The maximum Gasteiger partial charge on any atom is 0.169 e. The van der Waals surface area contributed by atoms with Gasteiger partial charge < -0.3 is 10.0 Å². The van der Waals surface area contributed by atoms with E-state index in [9.17, 15) is 5.11 Å². The predicted molar refractivity (Wildman–Crippen MR) is 100 cm³/mol. The highest BCUT2D eigenvalue weighted by Crippen LogP contribution is 2.26. The lowest BCUT2D eigenvalue weighted by Crippen LogP contribution is -2.46. The Morgan fingerprint density at radius 3 is 2.60 bits per heavy atom. The summed E-state index contributed by atoms with van der Waals surface area (Å²) in [6.07, 6.45) is 8.58. The van der Waals surface area contributed by atoms with E-state index in [0.717, 1.165) is 62.0 Å². The fourth-order valence-corrected chi connectivity index (χ4v) is 4.64. The first-order valence-corrected chi connectivity index (χ1v) is 10.1. The van der Waals surface area contributed by atoms with Gasteiger partial charge in [0.05, 0.1) is 10.5 Å². The summed E-state index contributed by atoms with van der Waals surface area (Å²) in [5.74, 6) is 0.793. The number of nitrogens with zero attached hydrogens (tertiary/aromatic N) is 4. The normalized spacial score (nSPS) is 25.5. The van der Waals surface area contributed by atoms with Crippen molar-refractivity contribution >= 4 is 11.3 Å². The maximum absolute atomic E-state index is 10.9. The zero-order chi connectivity index (χ0) is 17.1. The molecule has 0 saturated carbocycles. The molecule has 6 heteroatoms. The Hall–Kier alpha value is -1.34. The zero-order valence-electron chi connectivity index (χ0n) is 14.6. The van der Waals surface area contributed by atoms with Crippen LogP contribution in [0.1, 0.15) is 31.2 Å². The number of β-amino-alcohol motifs (C(OH)–C–C–N with tert-alkyl or cyclic N) is 1. The van der Waals surface area contributed by atoms with E-state index in [2.05, 4.69) is 19.8 Å². The van der Waals surface area contributed by atoms with Gasteiger partial charge in [-0.05, 0) is 43.8 Å². The molecule has 1 N–H and O–H groups in total. The number of hydrogen-bond acceptors (Lipinski definition) is 6. The fraction of sp³-hybridized carbons (Fsp3) is 0.579. The van der Waals surface area contributed by atoms with E-state index in [1.54, 1.807) is 11.3 Å². The average Bonchev–Trinajstić information content (AvgIpc) is 3.27. The molecule has 0 radical (unpaired) electrons. The van der Waals surface area contributed by atoms with E-state index in [1.807, 2.05) is 29.9 Å². The van der Waals surface area contributed by atoms with Crippen LogP contribution < -0.4 is 0 Å². The van der Waals surface area contributed by atoms with Gasteiger partial charge in [0, 0.05) is 44.1 Å². The highest BCUT2D eigenvalue weighted by Gasteiger charge is 2.37. The van der Waals surface area contributed by atoms with Crippen LogP contribution in [-0.4, -0.2) is 63.2 Å². The SMILES string of the molecule is O[C@@]1(CN2CCCCC2)CCN(Cc2cnc(-c3cccs3)nc2)C1. The van der Waals surface area contributed by atoms with Gasteiger partial charge >= 0.3 is 0 Å². The van der Waals surface area contributed by atoms with E-state index >= 15 is 0 Å². The number of thiophene rings is 1. The van der Waals surface area contributed by atoms with Crippen molar-refractivity contribution in [2.45, 2.75) is 37.8 Å². The van der Waals surface area contributed by atoms with Gasteiger partial charge in [0.15, 0.2) is 5.82 Å². The summed E-state index contributed by atoms with van der Waals surface area (Å²) in [7, 11) is 0. The summed E-state index contributed by atoms with van der Waals surface area (Å²) in [4.78, 5) is 14.9. The summed E-state index contributed by atoms with van der Waals surface area (Å²) >= 11 is 1.66.